The number of rotatable bonds is 3. The monoisotopic (exact) mass is 273 g/mol. The summed E-state index contributed by atoms with van der Waals surface area (Å²) in [6.07, 6.45) is 2.07. The van der Waals surface area contributed by atoms with Crippen molar-refractivity contribution in [1.29, 1.82) is 5.26 Å². The number of hydrogen-bond donors (Lipinski definition) is 0. The first-order chi connectivity index (χ1) is 6.65. The lowest BCUT2D eigenvalue weighted by Crippen LogP contribution is -2.19. The molecule has 0 aromatic carbocycles. The highest BCUT2D eigenvalue weighted by Gasteiger charge is 2.06. The molecule has 1 aromatic rings. The number of nitriles is 1. The maximum atomic E-state index is 8.45. The Bertz CT molecular complexity index is 362. The van der Waals surface area contributed by atoms with Crippen LogP contribution < -0.4 is 4.90 Å². The number of nitrogens with zero attached hydrogens (tertiary/aromatic N) is 3. The van der Waals surface area contributed by atoms with Gasteiger partial charge in [-0.05, 0) is 22.0 Å². The largest absolute Gasteiger partial charge is 0.358 e. The second kappa shape index (κ2) is 5.18. The Morgan fingerprint density at radius 2 is 2.43 bits per heavy atom. The summed E-state index contributed by atoms with van der Waals surface area (Å²) in [6.45, 7) is 0.656. The minimum absolute atomic E-state index is 0.479. The predicted molar refractivity (Wildman–Crippen MR) is 60.4 cm³/mol. The van der Waals surface area contributed by atoms with Crippen LogP contribution in [0.15, 0.2) is 16.7 Å². The molecule has 0 aliphatic rings. The summed E-state index contributed by atoms with van der Waals surface area (Å²) in [5.74, 6) is 0.796. The summed E-state index contributed by atoms with van der Waals surface area (Å²) >= 11 is 9.13. The average Bonchev–Trinajstić information content (AvgIpc) is 2.14. The molecule has 0 aliphatic carbocycles. The van der Waals surface area contributed by atoms with E-state index in [0.717, 1.165) is 10.3 Å². The number of hydrogen-bond acceptors (Lipinski definition) is 3. The molecule has 0 aliphatic heterocycles. The van der Waals surface area contributed by atoms with E-state index in [2.05, 4.69) is 27.0 Å². The number of aromatic nitrogens is 1. The molecule has 74 valence electrons. The summed E-state index contributed by atoms with van der Waals surface area (Å²) in [5, 5.41) is 9.04. The van der Waals surface area contributed by atoms with E-state index < -0.39 is 0 Å². The molecule has 0 amide bonds. The third-order valence-corrected chi connectivity index (χ3v) is 2.50. The van der Waals surface area contributed by atoms with Crippen molar-refractivity contribution in [2.24, 2.45) is 0 Å². The standard InChI is InChI=1S/C9H9BrClN3/c1-14(4-2-3-12)9-8(10)5-7(11)6-13-9/h5-6H,2,4H2,1H3. The molecule has 0 saturated carbocycles. The van der Waals surface area contributed by atoms with Crippen LogP contribution in [0.1, 0.15) is 6.42 Å². The molecule has 14 heavy (non-hydrogen) atoms. The van der Waals surface area contributed by atoms with E-state index in [1.807, 2.05) is 11.9 Å². The van der Waals surface area contributed by atoms with Gasteiger partial charge in [-0.3, -0.25) is 0 Å². The molecule has 0 N–H and O–H groups in total. The third kappa shape index (κ3) is 2.86. The topological polar surface area (TPSA) is 39.9 Å². The van der Waals surface area contributed by atoms with Crippen LogP contribution in [0.25, 0.3) is 0 Å². The third-order valence-electron chi connectivity index (χ3n) is 1.71. The molecular formula is C9H9BrClN3. The molecule has 0 radical (unpaired) electrons. The maximum absolute atomic E-state index is 8.45. The molecule has 0 unspecified atom stereocenters. The predicted octanol–water partition coefficient (Wildman–Crippen LogP) is 2.85. The van der Waals surface area contributed by atoms with Crippen LogP contribution in [0, 0.1) is 11.3 Å². The molecule has 1 rings (SSSR count). The minimum Gasteiger partial charge on any atom is -0.358 e. The van der Waals surface area contributed by atoms with Crippen molar-refractivity contribution in [3.8, 4) is 6.07 Å². The van der Waals surface area contributed by atoms with E-state index >= 15 is 0 Å². The molecule has 0 atom stereocenters. The lowest BCUT2D eigenvalue weighted by atomic mass is 10.4. The van der Waals surface area contributed by atoms with Crippen molar-refractivity contribution in [3.63, 3.8) is 0 Å². The fraction of sp³-hybridized carbons (Fsp3) is 0.333. The summed E-state index contributed by atoms with van der Waals surface area (Å²) in [5.41, 5.74) is 0. The van der Waals surface area contributed by atoms with Gasteiger partial charge in [-0.1, -0.05) is 11.6 Å². The van der Waals surface area contributed by atoms with Gasteiger partial charge < -0.3 is 4.90 Å². The van der Waals surface area contributed by atoms with E-state index in [1.165, 1.54) is 0 Å². The van der Waals surface area contributed by atoms with Gasteiger partial charge in [-0.15, -0.1) is 0 Å². The van der Waals surface area contributed by atoms with Crippen LogP contribution in [0.2, 0.25) is 5.02 Å². The maximum Gasteiger partial charge on any atom is 0.142 e. The first-order valence-corrected chi connectivity index (χ1v) is 5.21. The molecule has 5 heteroatoms. The quantitative estimate of drug-likeness (QED) is 0.851. The van der Waals surface area contributed by atoms with E-state index in [-0.39, 0.29) is 0 Å². The van der Waals surface area contributed by atoms with Gasteiger partial charge in [-0.2, -0.15) is 5.26 Å². The highest BCUT2D eigenvalue weighted by atomic mass is 79.9. The van der Waals surface area contributed by atoms with Gasteiger partial charge in [0.1, 0.15) is 5.82 Å². The normalized spacial score (nSPS) is 9.57. The molecular weight excluding hydrogens is 265 g/mol. The minimum atomic E-state index is 0.479. The smallest absolute Gasteiger partial charge is 0.142 e. The van der Waals surface area contributed by atoms with Crippen molar-refractivity contribution >= 4 is 33.3 Å². The zero-order valence-corrected chi connectivity index (χ0v) is 10.0. The molecule has 0 bridgehead atoms. The fourth-order valence-electron chi connectivity index (χ4n) is 1.01. The van der Waals surface area contributed by atoms with Gasteiger partial charge in [-0.25, -0.2) is 4.98 Å². The second-order valence-corrected chi connectivity index (χ2v) is 4.08. The molecule has 0 saturated heterocycles. The van der Waals surface area contributed by atoms with Crippen LogP contribution >= 0.6 is 27.5 Å². The van der Waals surface area contributed by atoms with E-state index in [4.69, 9.17) is 16.9 Å². The zero-order valence-electron chi connectivity index (χ0n) is 7.67. The van der Waals surface area contributed by atoms with Gasteiger partial charge >= 0.3 is 0 Å². The van der Waals surface area contributed by atoms with Crippen molar-refractivity contribution in [2.45, 2.75) is 6.42 Å². The molecule has 0 spiro atoms. The van der Waals surface area contributed by atoms with Crippen LogP contribution in [0.4, 0.5) is 5.82 Å². The average molecular weight is 275 g/mol. The number of anilines is 1. The Morgan fingerprint density at radius 1 is 1.71 bits per heavy atom. The Morgan fingerprint density at radius 3 is 3.00 bits per heavy atom. The van der Waals surface area contributed by atoms with Crippen molar-refractivity contribution in [3.05, 3.63) is 21.8 Å². The highest BCUT2D eigenvalue weighted by Crippen LogP contribution is 2.25. The van der Waals surface area contributed by atoms with Crippen LogP contribution in [0.3, 0.4) is 0 Å². The first kappa shape index (κ1) is 11.3. The van der Waals surface area contributed by atoms with Crippen LogP contribution in [0.5, 0.6) is 0 Å². The van der Waals surface area contributed by atoms with E-state index in [9.17, 15) is 0 Å². The van der Waals surface area contributed by atoms with Gasteiger partial charge in [0.05, 0.1) is 22.0 Å². The van der Waals surface area contributed by atoms with Crippen molar-refractivity contribution < 1.29 is 0 Å². The van der Waals surface area contributed by atoms with Crippen molar-refractivity contribution in [2.75, 3.05) is 18.5 Å². The highest BCUT2D eigenvalue weighted by molar-refractivity contribution is 9.10. The summed E-state index contributed by atoms with van der Waals surface area (Å²) in [6, 6.07) is 3.87. The molecule has 1 heterocycles. The molecule has 0 fully saturated rings. The Kier molecular flexibility index (Phi) is 4.18. The lowest BCUT2D eigenvalue weighted by molar-refractivity contribution is 0.882. The zero-order chi connectivity index (χ0) is 10.6. The van der Waals surface area contributed by atoms with Gasteiger partial charge in [0, 0.05) is 19.8 Å². The van der Waals surface area contributed by atoms with E-state index in [0.29, 0.717) is 18.0 Å². The Balaban J connectivity index is 2.80. The fourth-order valence-corrected chi connectivity index (χ4v) is 1.95. The second-order valence-electron chi connectivity index (χ2n) is 2.79. The summed E-state index contributed by atoms with van der Waals surface area (Å²) in [7, 11) is 1.89. The first-order valence-electron chi connectivity index (χ1n) is 4.04. The molecule has 1 aromatic heterocycles. The van der Waals surface area contributed by atoms with Gasteiger partial charge in [0.25, 0.3) is 0 Å². The van der Waals surface area contributed by atoms with Gasteiger partial charge in [0.15, 0.2) is 0 Å². The van der Waals surface area contributed by atoms with E-state index in [1.54, 1.807) is 12.3 Å². The SMILES string of the molecule is CN(CCC#N)c1ncc(Cl)cc1Br. The van der Waals surface area contributed by atoms with Crippen LogP contribution in [-0.4, -0.2) is 18.6 Å². The van der Waals surface area contributed by atoms with Crippen molar-refractivity contribution in [1.82, 2.24) is 4.98 Å². The Hall–Kier alpha value is -0.790. The summed E-state index contributed by atoms with van der Waals surface area (Å²) < 4.78 is 0.838. The Labute approximate surface area is 96.4 Å². The lowest BCUT2D eigenvalue weighted by Gasteiger charge is -2.17. The molecule has 3 nitrogen and oxygen atoms in total. The van der Waals surface area contributed by atoms with Gasteiger partial charge in [0.2, 0.25) is 0 Å². The van der Waals surface area contributed by atoms with Crippen LogP contribution in [-0.2, 0) is 0 Å². The number of pyridine rings is 1. The summed E-state index contributed by atoms with van der Waals surface area (Å²) in [4.78, 5) is 6.07. The number of halogens is 2.